The lowest BCUT2D eigenvalue weighted by Crippen LogP contribution is -2.45. The van der Waals surface area contributed by atoms with E-state index >= 15 is 0 Å². The van der Waals surface area contributed by atoms with E-state index in [4.69, 9.17) is 11.6 Å². The summed E-state index contributed by atoms with van der Waals surface area (Å²) in [6.45, 7) is 5.18. The highest BCUT2D eigenvalue weighted by molar-refractivity contribution is 7.92. The summed E-state index contributed by atoms with van der Waals surface area (Å²) in [6.07, 6.45) is 1.04. The molecule has 0 unspecified atom stereocenters. The maximum atomic E-state index is 12.9. The molecule has 0 aliphatic rings. The van der Waals surface area contributed by atoms with Crippen LogP contribution in [0.4, 0.5) is 17.1 Å². The van der Waals surface area contributed by atoms with Crippen LogP contribution in [0.3, 0.4) is 0 Å². The predicted octanol–water partition coefficient (Wildman–Crippen LogP) is 4.55. The van der Waals surface area contributed by atoms with Crippen LogP contribution < -0.4 is 14.3 Å². The molecule has 8 nitrogen and oxygen atoms in total. The van der Waals surface area contributed by atoms with Gasteiger partial charge in [0, 0.05) is 5.69 Å². The Morgan fingerprint density at radius 2 is 1.49 bits per heavy atom. The molecule has 0 aliphatic carbocycles. The van der Waals surface area contributed by atoms with Crippen molar-refractivity contribution in [3.8, 4) is 0 Å². The Morgan fingerprint density at radius 3 is 2.03 bits per heavy atom. The molecule has 0 saturated carbocycles. The number of amides is 1. The first-order chi connectivity index (χ1) is 16.3. The second-order valence-corrected chi connectivity index (χ2v) is 12.1. The Kier molecular flexibility index (Phi) is 7.78. The number of carbonyl (C=O) groups excluding carboxylic acids is 1. The van der Waals surface area contributed by atoms with Crippen LogP contribution in [0, 0.1) is 13.8 Å². The molecule has 0 bridgehead atoms. The van der Waals surface area contributed by atoms with Crippen LogP contribution in [0.2, 0.25) is 5.02 Å². The van der Waals surface area contributed by atoms with Gasteiger partial charge in [0.2, 0.25) is 15.9 Å². The van der Waals surface area contributed by atoms with Gasteiger partial charge in [-0.05, 0) is 80.4 Å². The van der Waals surface area contributed by atoms with Gasteiger partial charge in [-0.2, -0.15) is 0 Å². The molecule has 0 saturated heterocycles. The molecule has 0 aromatic heterocycles. The maximum absolute atomic E-state index is 12.9. The van der Waals surface area contributed by atoms with Crippen molar-refractivity contribution in [3.63, 3.8) is 0 Å². The minimum absolute atomic E-state index is 0.0311. The smallest absolute Gasteiger partial charge is 0.261 e. The van der Waals surface area contributed by atoms with Crippen molar-refractivity contribution in [3.05, 3.63) is 82.9 Å². The lowest BCUT2D eigenvalue weighted by atomic mass is 10.1. The molecule has 2 N–H and O–H groups in total. The normalized spacial score (nSPS) is 12.6. The number of anilines is 3. The number of hydrogen-bond donors (Lipinski definition) is 2. The number of hydrogen-bond acceptors (Lipinski definition) is 5. The van der Waals surface area contributed by atoms with Crippen LogP contribution in [0.5, 0.6) is 0 Å². The molecule has 186 valence electrons. The van der Waals surface area contributed by atoms with Crippen LogP contribution in [-0.2, 0) is 24.8 Å². The quantitative estimate of drug-likeness (QED) is 0.439. The Balaban J connectivity index is 1.79. The third-order valence-corrected chi connectivity index (χ3v) is 8.05. The number of halogens is 1. The molecule has 0 aliphatic heterocycles. The number of rotatable bonds is 8. The number of benzene rings is 3. The van der Waals surface area contributed by atoms with Gasteiger partial charge in [-0.25, -0.2) is 16.8 Å². The molecule has 0 spiro atoms. The average molecular weight is 536 g/mol. The molecule has 35 heavy (non-hydrogen) atoms. The van der Waals surface area contributed by atoms with Crippen molar-refractivity contribution in [2.45, 2.75) is 31.7 Å². The largest absolute Gasteiger partial charge is 0.324 e. The molecular weight excluding hydrogens is 510 g/mol. The molecule has 1 amide bonds. The number of nitrogens with zero attached hydrogens (tertiary/aromatic N) is 1. The average Bonchev–Trinajstić information content (AvgIpc) is 2.74. The summed E-state index contributed by atoms with van der Waals surface area (Å²) in [6, 6.07) is 16.2. The van der Waals surface area contributed by atoms with Gasteiger partial charge >= 0.3 is 0 Å². The van der Waals surface area contributed by atoms with Gasteiger partial charge in [0.15, 0.2) is 0 Å². The number of aryl methyl sites for hydroxylation is 2. The van der Waals surface area contributed by atoms with E-state index in [1.165, 1.54) is 31.2 Å². The standard InChI is InChI=1S/C24H26ClN3O5S2/c1-16-13-17(2)15-20(14-16)28(34(4,30)31)18(3)24(29)26-19-9-11-21(12-10-19)35(32,33)27-23-8-6-5-7-22(23)25/h5-15,18,27H,1-4H3,(H,26,29)/t18-/m0/s1. The fraction of sp³-hybridized carbons (Fsp3) is 0.208. The topological polar surface area (TPSA) is 113 Å². The second-order valence-electron chi connectivity index (χ2n) is 8.18. The Morgan fingerprint density at radius 1 is 0.914 bits per heavy atom. The van der Waals surface area contributed by atoms with Crippen LogP contribution >= 0.6 is 11.6 Å². The van der Waals surface area contributed by atoms with E-state index in [2.05, 4.69) is 10.0 Å². The lowest BCUT2D eigenvalue weighted by molar-refractivity contribution is -0.116. The molecule has 0 fully saturated rings. The lowest BCUT2D eigenvalue weighted by Gasteiger charge is -2.28. The second kappa shape index (κ2) is 10.3. The zero-order valence-electron chi connectivity index (χ0n) is 19.6. The van der Waals surface area contributed by atoms with E-state index in [1.807, 2.05) is 19.9 Å². The fourth-order valence-electron chi connectivity index (χ4n) is 3.60. The molecule has 11 heteroatoms. The van der Waals surface area contributed by atoms with Gasteiger partial charge in [-0.3, -0.25) is 13.8 Å². The summed E-state index contributed by atoms with van der Waals surface area (Å²) in [4.78, 5) is 12.9. The summed E-state index contributed by atoms with van der Waals surface area (Å²) in [7, 11) is -7.68. The van der Waals surface area contributed by atoms with Gasteiger partial charge in [0.25, 0.3) is 10.0 Å². The first-order valence-corrected chi connectivity index (χ1v) is 14.2. The summed E-state index contributed by atoms with van der Waals surface area (Å²) in [5.74, 6) is -0.570. The van der Waals surface area contributed by atoms with Gasteiger partial charge in [0.1, 0.15) is 6.04 Å². The van der Waals surface area contributed by atoms with Crippen LogP contribution in [0.1, 0.15) is 18.1 Å². The van der Waals surface area contributed by atoms with Crippen molar-refractivity contribution in [1.82, 2.24) is 0 Å². The fourth-order valence-corrected chi connectivity index (χ4v) is 6.08. The molecule has 3 aromatic rings. The molecule has 3 aromatic carbocycles. The van der Waals surface area contributed by atoms with Gasteiger partial charge < -0.3 is 5.32 Å². The Hall–Kier alpha value is -3.08. The van der Waals surface area contributed by atoms with Crippen molar-refractivity contribution in [2.24, 2.45) is 0 Å². The maximum Gasteiger partial charge on any atom is 0.261 e. The van der Waals surface area contributed by atoms with E-state index in [1.54, 1.807) is 36.4 Å². The predicted molar refractivity (Wildman–Crippen MR) is 140 cm³/mol. The van der Waals surface area contributed by atoms with E-state index in [-0.39, 0.29) is 15.6 Å². The molecule has 0 radical (unpaired) electrons. The Labute approximate surface area is 211 Å². The molecule has 1 atom stereocenters. The molecule has 0 heterocycles. The van der Waals surface area contributed by atoms with Crippen LogP contribution in [0.15, 0.2) is 71.6 Å². The van der Waals surface area contributed by atoms with Gasteiger partial charge in [-0.1, -0.05) is 29.8 Å². The number of sulfonamides is 2. The summed E-state index contributed by atoms with van der Waals surface area (Å²) in [5.41, 5.74) is 2.67. The van der Waals surface area contributed by atoms with E-state index in [0.29, 0.717) is 11.4 Å². The molecular formula is C24H26ClN3O5S2. The monoisotopic (exact) mass is 535 g/mol. The zero-order valence-corrected chi connectivity index (χ0v) is 22.0. The highest BCUT2D eigenvalue weighted by Gasteiger charge is 2.29. The molecule has 3 rings (SSSR count). The zero-order chi connectivity index (χ0) is 26.0. The van der Waals surface area contributed by atoms with Gasteiger partial charge in [0.05, 0.1) is 27.5 Å². The van der Waals surface area contributed by atoms with E-state index in [0.717, 1.165) is 21.7 Å². The highest BCUT2D eigenvalue weighted by atomic mass is 35.5. The first-order valence-electron chi connectivity index (χ1n) is 10.5. The van der Waals surface area contributed by atoms with Crippen LogP contribution in [0.25, 0.3) is 0 Å². The number of para-hydroxylation sites is 1. The SMILES string of the molecule is Cc1cc(C)cc(N([C@@H](C)C(=O)Nc2ccc(S(=O)(=O)Nc3ccccc3Cl)cc2)S(C)(=O)=O)c1. The summed E-state index contributed by atoms with van der Waals surface area (Å²) >= 11 is 6.03. The van der Waals surface area contributed by atoms with Crippen molar-refractivity contribution in [1.29, 1.82) is 0 Å². The van der Waals surface area contributed by atoms with Crippen molar-refractivity contribution < 1.29 is 21.6 Å². The third-order valence-electron chi connectivity index (χ3n) is 5.10. The van der Waals surface area contributed by atoms with Crippen molar-refractivity contribution >= 4 is 54.6 Å². The van der Waals surface area contributed by atoms with E-state index < -0.39 is 32.0 Å². The third kappa shape index (κ3) is 6.53. The summed E-state index contributed by atoms with van der Waals surface area (Å²) in [5, 5.41) is 2.91. The summed E-state index contributed by atoms with van der Waals surface area (Å²) < 4.78 is 53.9. The Bertz CT molecular complexity index is 1440. The van der Waals surface area contributed by atoms with Crippen molar-refractivity contribution in [2.75, 3.05) is 20.6 Å². The minimum atomic E-state index is -3.91. The number of nitrogens with one attached hydrogen (secondary N) is 2. The van der Waals surface area contributed by atoms with E-state index in [9.17, 15) is 21.6 Å². The van der Waals surface area contributed by atoms with Crippen LogP contribution in [-0.4, -0.2) is 35.0 Å². The first kappa shape index (κ1) is 26.5. The highest BCUT2D eigenvalue weighted by Crippen LogP contribution is 2.26. The van der Waals surface area contributed by atoms with Gasteiger partial charge in [-0.15, -0.1) is 0 Å². The minimum Gasteiger partial charge on any atom is -0.324 e. The number of carbonyl (C=O) groups is 1.